The van der Waals surface area contributed by atoms with Gasteiger partial charge in [-0.1, -0.05) is 11.3 Å². The predicted molar refractivity (Wildman–Crippen MR) is 123 cm³/mol. The molecular weight excluding hydrogens is 433 g/mol. The second kappa shape index (κ2) is 9.35. The van der Waals surface area contributed by atoms with Crippen molar-refractivity contribution < 1.29 is 19.4 Å². The minimum absolute atomic E-state index is 0.138. The molecule has 0 spiro atoms. The number of aryl methyl sites for hydroxylation is 2. The Morgan fingerprint density at radius 1 is 1.22 bits per heavy atom. The van der Waals surface area contributed by atoms with Crippen LogP contribution in [0.5, 0.6) is 0 Å². The third kappa shape index (κ3) is 4.82. The fourth-order valence-corrected chi connectivity index (χ4v) is 4.61. The van der Waals surface area contributed by atoms with Crippen molar-refractivity contribution in [1.29, 1.82) is 0 Å². The van der Waals surface area contributed by atoms with E-state index < -0.39 is 11.9 Å². The quantitative estimate of drug-likeness (QED) is 0.542. The molecule has 3 heterocycles. The Morgan fingerprint density at radius 2 is 1.94 bits per heavy atom. The summed E-state index contributed by atoms with van der Waals surface area (Å²) in [4.78, 5) is 24.9. The number of carbonyl (C=O) groups is 1. The van der Waals surface area contributed by atoms with Gasteiger partial charge in [0.05, 0.1) is 22.9 Å². The van der Waals surface area contributed by atoms with Gasteiger partial charge in [0.2, 0.25) is 0 Å². The van der Waals surface area contributed by atoms with E-state index in [1.54, 1.807) is 9.80 Å². The summed E-state index contributed by atoms with van der Waals surface area (Å²) in [7, 11) is 0. The van der Waals surface area contributed by atoms with Crippen molar-refractivity contribution in [3.8, 4) is 0 Å². The molecule has 1 aliphatic heterocycles. The number of amides is 2. The van der Waals surface area contributed by atoms with Crippen LogP contribution in [-0.4, -0.2) is 70.0 Å². The molecule has 2 aromatic heterocycles. The van der Waals surface area contributed by atoms with Crippen molar-refractivity contribution in [2.75, 3.05) is 43.0 Å². The number of carbonyl (C=O) groups excluding carboxylic acids is 1. The molecule has 1 saturated heterocycles. The molecule has 1 aromatic carbocycles. The molecule has 1 aliphatic rings. The molecular formula is C22H26FN5O3S. The zero-order valence-electron chi connectivity index (χ0n) is 18.0. The van der Waals surface area contributed by atoms with E-state index in [9.17, 15) is 14.3 Å². The minimum Gasteiger partial charge on any atom is -0.394 e. The van der Waals surface area contributed by atoms with Crippen LogP contribution in [0.4, 0.5) is 20.1 Å². The summed E-state index contributed by atoms with van der Waals surface area (Å²) in [5.74, 6) is -0.255. The molecule has 4 rings (SSSR count). The number of piperazine rings is 1. The number of thiazole rings is 1. The molecule has 3 N–H and O–H groups in total. The van der Waals surface area contributed by atoms with Gasteiger partial charge in [-0.05, 0) is 48.7 Å². The number of hydrogen-bond donors (Lipinski definition) is 3. The molecule has 32 heavy (non-hydrogen) atoms. The van der Waals surface area contributed by atoms with Gasteiger partial charge >= 0.3 is 6.03 Å². The maximum absolute atomic E-state index is 14.5. The first-order valence-electron chi connectivity index (χ1n) is 10.5. The Balaban J connectivity index is 1.36. The number of hydrogen-bond acceptors (Lipinski definition) is 7. The lowest BCUT2D eigenvalue weighted by molar-refractivity contribution is 0.0954. The van der Waals surface area contributed by atoms with Gasteiger partial charge in [0.1, 0.15) is 0 Å². The van der Waals surface area contributed by atoms with Crippen molar-refractivity contribution in [3.05, 3.63) is 46.9 Å². The first kappa shape index (κ1) is 22.4. The molecule has 10 heteroatoms. The van der Waals surface area contributed by atoms with Gasteiger partial charge in [-0.3, -0.25) is 5.32 Å². The summed E-state index contributed by atoms with van der Waals surface area (Å²) < 4.78 is 15.6. The number of aromatic nitrogens is 2. The molecule has 1 atom stereocenters. The first-order valence-corrected chi connectivity index (χ1v) is 11.3. The molecule has 0 bridgehead atoms. The smallest absolute Gasteiger partial charge is 0.323 e. The second-order valence-corrected chi connectivity index (χ2v) is 9.05. The summed E-state index contributed by atoms with van der Waals surface area (Å²) >= 11 is 1.45. The van der Waals surface area contributed by atoms with Gasteiger partial charge in [-0.25, -0.2) is 19.2 Å². The lowest BCUT2D eigenvalue weighted by atomic mass is 10.1. The minimum atomic E-state index is -0.937. The van der Waals surface area contributed by atoms with E-state index in [0.29, 0.717) is 36.9 Å². The van der Waals surface area contributed by atoms with Crippen LogP contribution in [-0.2, 0) is 6.42 Å². The number of urea groups is 1. The highest BCUT2D eigenvalue weighted by Gasteiger charge is 2.24. The average Bonchev–Trinajstić information content (AvgIpc) is 3.15. The molecule has 3 aromatic rings. The van der Waals surface area contributed by atoms with Gasteiger partial charge in [-0.2, -0.15) is 0 Å². The molecule has 1 unspecified atom stereocenters. The van der Waals surface area contributed by atoms with Crippen LogP contribution in [0.1, 0.15) is 16.7 Å². The molecule has 0 aliphatic carbocycles. The molecule has 1 fully saturated rings. The number of anilines is 2. The Hall–Kier alpha value is -2.82. The summed E-state index contributed by atoms with van der Waals surface area (Å²) in [6.07, 6.45) is 0.708. The molecule has 0 radical (unpaired) electrons. The zero-order chi connectivity index (χ0) is 22.8. The van der Waals surface area contributed by atoms with Crippen molar-refractivity contribution in [1.82, 2.24) is 14.9 Å². The summed E-state index contributed by atoms with van der Waals surface area (Å²) in [5, 5.41) is 21.9. The second-order valence-electron chi connectivity index (χ2n) is 8.02. The van der Waals surface area contributed by atoms with Crippen molar-refractivity contribution >= 4 is 38.5 Å². The number of nitrogens with zero attached hydrogens (tertiary/aromatic N) is 4. The average molecular weight is 460 g/mol. The first-order chi connectivity index (χ1) is 15.3. The van der Waals surface area contributed by atoms with Gasteiger partial charge in [0, 0.05) is 38.8 Å². The van der Waals surface area contributed by atoms with Crippen LogP contribution in [0, 0.1) is 19.7 Å². The largest absolute Gasteiger partial charge is 0.394 e. The van der Waals surface area contributed by atoms with E-state index in [4.69, 9.17) is 5.11 Å². The van der Waals surface area contributed by atoms with E-state index in [-0.39, 0.29) is 24.9 Å². The summed E-state index contributed by atoms with van der Waals surface area (Å²) in [6, 6.07) is 5.21. The highest BCUT2D eigenvalue weighted by atomic mass is 32.1. The number of pyridine rings is 1. The lowest BCUT2D eigenvalue weighted by Crippen LogP contribution is -2.50. The normalized spacial score (nSPS) is 15.3. The summed E-state index contributed by atoms with van der Waals surface area (Å²) in [5.41, 5.74) is 3.74. The molecule has 2 amide bonds. The number of aliphatic hydroxyl groups is 2. The van der Waals surface area contributed by atoms with Crippen molar-refractivity contribution in [2.45, 2.75) is 26.4 Å². The maximum Gasteiger partial charge on any atom is 0.323 e. The van der Waals surface area contributed by atoms with Crippen LogP contribution in [0.2, 0.25) is 0 Å². The molecule has 8 nitrogen and oxygen atoms in total. The number of halogens is 1. The zero-order valence-corrected chi connectivity index (χ0v) is 18.8. The van der Waals surface area contributed by atoms with Gasteiger partial charge < -0.3 is 20.0 Å². The van der Waals surface area contributed by atoms with Crippen LogP contribution in [0.15, 0.2) is 24.4 Å². The fraction of sp³-hybridized carbons (Fsp3) is 0.409. The number of rotatable bonds is 5. The van der Waals surface area contributed by atoms with E-state index in [2.05, 4.69) is 28.3 Å². The third-order valence-corrected chi connectivity index (χ3v) is 6.58. The Bertz CT molecular complexity index is 1090. The number of benzene rings is 1. The van der Waals surface area contributed by atoms with E-state index in [0.717, 1.165) is 15.8 Å². The van der Waals surface area contributed by atoms with Gasteiger partial charge in [0.15, 0.2) is 16.8 Å². The number of aliphatic hydroxyl groups excluding tert-OH is 2. The Labute approximate surface area is 189 Å². The topological polar surface area (TPSA) is 102 Å². The third-order valence-electron chi connectivity index (χ3n) is 5.64. The highest BCUT2D eigenvalue weighted by molar-refractivity contribution is 7.22. The fourth-order valence-electron chi connectivity index (χ4n) is 3.68. The van der Waals surface area contributed by atoms with Crippen LogP contribution >= 0.6 is 11.3 Å². The summed E-state index contributed by atoms with van der Waals surface area (Å²) in [6.45, 7) is 5.47. The van der Waals surface area contributed by atoms with E-state index in [1.807, 2.05) is 13.0 Å². The molecule has 170 valence electrons. The molecule has 0 saturated carbocycles. The SMILES string of the molecule is Cc1cc2nc(NC(=O)N3CCN(c4ncc(CC(O)CO)cc4F)CC3)sc2cc1C. The van der Waals surface area contributed by atoms with Crippen LogP contribution < -0.4 is 10.2 Å². The predicted octanol–water partition coefficient (Wildman–Crippen LogP) is 2.70. The van der Waals surface area contributed by atoms with Crippen LogP contribution in [0.25, 0.3) is 10.2 Å². The van der Waals surface area contributed by atoms with Crippen LogP contribution in [0.3, 0.4) is 0 Å². The number of fused-ring (bicyclic) bond motifs is 1. The Kier molecular flexibility index (Phi) is 6.54. The number of nitrogens with one attached hydrogen (secondary N) is 1. The Morgan fingerprint density at radius 3 is 2.62 bits per heavy atom. The lowest BCUT2D eigenvalue weighted by Gasteiger charge is -2.35. The van der Waals surface area contributed by atoms with Gasteiger partial charge in [0.25, 0.3) is 0 Å². The van der Waals surface area contributed by atoms with Crippen molar-refractivity contribution in [3.63, 3.8) is 0 Å². The van der Waals surface area contributed by atoms with Gasteiger partial charge in [-0.15, -0.1) is 0 Å². The highest BCUT2D eigenvalue weighted by Crippen LogP contribution is 2.28. The maximum atomic E-state index is 14.5. The van der Waals surface area contributed by atoms with Crippen molar-refractivity contribution in [2.24, 2.45) is 0 Å². The van der Waals surface area contributed by atoms with E-state index >= 15 is 0 Å². The van der Waals surface area contributed by atoms with E-state index in [1.165, 1.54) is 29.2 Å². The monoisotopic (exact) mass is 459 g/mol. The standard InChI is InChI=1S/C22H26FN5O3S/c1-13-7-18-19(8-14(13)2)32-21(25-18)26-22(31)28-5-3-27(4-6-28)20-17(23)10-15(11-24-20)9-16(30)12-29/h7-8,10-11,16,29-30H,3-6,9,12H2,1-2H3,(H,25,26,31).